The molecule has 3 nitrogen and oxygen atoms in total. The lowest BCUT2D eigenvalue weighted by Crippen LogP contribution is -2.62. The molecule has 5 aromatic rings. The Bertz CT molecular complexity index is 1890. The summed E-state index contributed by atoms with van der Waals surface area (Å²) in [5.41, 5.74) is 3.07. The molecule has 3 aliphatic rings. The van der Waals surface area contributed by atoms with Gasteiger partial charge in [0.25, 0.3) is 0 Å². The third-order valence-electron chi connectivity index (χ3n) is 9.06. The molecule has 0 radical (unpaired) electrons. The van der Waals surface area contributed by atoms with E-state index in [2.05, 4.69) is 24.3 Å². The Hall–Kier alpha value is -4.25. The fraction of sp³-hybridized carbons (Fsp3) is 0.111. The Labute approximate surface area is 234 Å². The van der Waals surface area contributed by atoms with E-state index in [1.807, 2.05) is 127 Å². The van der Waals surface area contributed by atoms with Crippen LogP contribution in [-0.4, -0.2) is 13.2 Å². The Balaban J connectivity index is 1.57. The summed E-state index contributed by atoms with van der Waals surface area (Å²) in [5.74, 6) is -0.531. The molecule has 0 N–H and O–H groups in total. The number of benzene rings is 5. The number of sulfone groups is 1. The molecule has 0 aromatic heterocycles. The highest BCUT2D eigenvalue weighted by molar-refractivity contribution is 8.03. The Kier molecular flexibility index (Phi) is 4.80. The van der Waals surface area contributed by atoms with E-state index in [0.717, 1.165) is 27.8 Å². The molecule has 194 valence electrons. The zero-order valence-electron chi connectivity index (χ0n) is 21.6. The van der Waals surface area contributed by atoms with Crippen LogP contribution in [0.15, 0.2) is 152 Å². The second-order valence-corrected chi connectivity index (χ2v) is 12.9. The topological polar surface area (TPSA) is 43.4 Å². The zero-order valence-corrected chi connectivity index (χ0v) is 22.5. The van der Waals surface area contributed by atoms with E-state index in [4.69, 9.17) is 4.74 Å². The maximum Gasteiger partial charge on any atom is 0.192 e. The van der Waals surface area contributed by atoms with Crippen molar-refractivity contribution in [3.8, 4) is 0 Å². The molecule has 0 amide bonds. The number of hydrogen-bond acceptors (Lipinski definition) is 3. The van der Waals surface area contributed by atoms with Gasteiger partial charge in [0.05, 0.1) is 4.91 Å². The molecular weight excluding hydrogens is 512 g/mol. The molecule has 40 heavy (non-hydrogen) atoms. The van der Waals surface area contributed by atoms with E-state index in [1.54, 1.807) is 0 Å². The predicted molar refractivity (Wildman–Crippen MR) is 157 cm³/mol. The molecule has 3 aliphatic heterocycles. The van der Waals surface area contributed by atoms with Crippen molar-refractivity contribution in [2.75, 3.05) is 0 Å². The minimum Gasteiger partial charge on any atom is -0.347 e. The van der Waals surface area contributed by atoms with Gasteiger partial charge in [-0.3, -0.25) is 0 Å². The van der Waals surface area contributed by atoms with Gasteiger partial charge in [-0.15, -0.1) is 0 Å². The number of hydrogen-bond donors (Lipinski definition) is 0. The largest absolute Gasteiger partial charge is 0.347 e. The molecular formula is C36H26O3S. The summed E-state index contributed by atoms with van der Waals surface area (Å²) >= 11 is 0. The zero-order chi connectivity index (χ0) is 27.0. The normalized spacial score (nSPS) is 29.0. The molecule has 3 heterocycles. The highest BCUT2D eigenvalue weighted by Gasteiger charge is 2.84. The summed E-state index contributed by atoms with van der Waals surface area (Å²) < 4.78 is 36.5. The van der Waals surface area contributed by atoms with E-state index in [1.165, 1.54) is 0 Å². The second-order valence-electron chi connectivity index (χ2n) is 10.8. The maximum atomic E-state index is 15.2. The molecule has 0 aliphatic carbocycles. The number of rotatable bonds is 4. The summed E-state index contributed by atoms with van der Waals surface area (Å²) in [4.78, 5) is 0.362. The molecule has 0 unspecified atom stereocenters. The van der Waals surface area contributed by atoms with Gasteiger partial charge in [-0.25, -0.2) is 8.42 Å². The highest BCUT2D eigenvalue weighted by atomic mass is 32.2. The lowest BCUT2D eigenvalue weighted by atomic mass is 9.57. The Morgan fingerprint density at radius 1 is 0.550 bits per heavy atom. The van der Waals surface area contributed by atoms with E-state index in [0.29, 0.717) is 10.5 Å². The molecule has 5 aromatic carbocycles. The van der Waals surface area contributed by atoms with Crippen molar-refractivity contribution in [2.24, 2.45) is 0 Å². The van der Waals surface area contributed by atoms with Gasteiger partial charge in [0.1, 0.15) is 15.9 Å². The van der Waals surface area contributed by atoms with Crippen LogP contribution in [0.25, 0.3) is 4.91 Å². The first-order valence-corrected chi connectivity index (χ1v) is 15.0. The third kappa shape index (κ3) is 2.61. The van der Waals surface area contributed by atoms with Crippen molar-refractivity contribution < 1.29 is 13.2 Å². The van der Waals surface area contributed by atoms with E-state index in [-0.39, 0.29) is 0 Å². The van der Waals surface area contributed by atoms with Crippen LogP contribution < -0.4 is 0 Å². The van der Waals surface area contributed by atoms with Crippen molar-refractivity contribution >= 4 is 14.7 Å². The van der Waals surface area contributed by atoms with E-state index >= 15 is 8.42 Å². The number of fused-ring (bicyclic) bond motifs is 6. The minimum atomic E-state index is -3.90. The fourth-order valence-corrected chi connectivity index (χ4v) is 10.1. The SMILES string of the molecule is O=S1(=O)C(c2ccccc2)=C[C@]12[C@H](c1ccccc1)[C@@]1(c3ccccc3)O[C@@]2(c2ccccc2)c2ccccc21. The van der Waals surface area contributed by atoms with Crippen molar-refractivity contribution in [1.82, 2.24) is 0 Å². The van der Waals surface area contributed by atoms with Crippen molar-refractivity contribution in [1.29, 1.82) is 0 Å². The molecule has 0 saturated carbocycles. The van der Waals surface area contributed by atoms with Crippen molar-refractivity contribution in [3.63, 3.8) is 0 Å². The highest BCUT2D eigenvalue weighted by Crippen LogP contribution is 2.78. The Morgan fingerprint density at radius 2 is 1.05 bits per heavy atom. The van der Waals surface area contributed by atoms with Gasteiger partial charge in [0.2, 0.25) is 0 Å². The monoisotopic (exact) mass is 538 g/mol. The second kappa shape index (κ2) is 8.14. The van der Waals surface area contributed by atoms with Crippen LogP contribution in [-0.2, 0) is 25.8 Å². The lowest BCUT2D eigenvalue weighted by molar-refractivity contribution is -0.0478. The maximum absolute atomic E-state index is 15.2. The van der Waals surface area contributed by atoms with E-state index in [9.17, 15) is 0 Å². The first-order valence-electron chi connectivity index (χ1n) is 13.6. The van der Waals surface area contributed by atoms with Gasteiger partial charge in [0.15, 0.2) is 9.84 Å². The van der Waals surface area contributed by atoms with Crippen LogP contribution in [0.1, 0.15) is 39.3 Å². The first kappa shape index (κ1) is 23.6. The fourth-order valence-electron chi connectivity index (χ4n) is 7.63. The van der Waals surface area contributed by atoms with Crippen LogP contribution in [0.5, 0.6) is 0 Å². The standard InChI is InChI=1S/C36H26O3S/c37-40(38)32(26-15-5-1-6-16-26)25-34(40)33(27-17-7-2-8-18-27)35(28-19-9-3-10-20-28)30-23-13-14-24-31(30)36(34,39-35)29-21-11-4-12-22-29/h1-25,33H/t33-,34+,35-,36-/m0/s1. The van der Waals surface area contributed by atoms with Crippen LogP contribution in [0, 0.1) is 0 Å². The van der Waals surface area contributed by atoms with Gasteiger partial charge in [0, 0.05) is 5.92 Å². The smallest absolute Gasteiger partial charge is 0.192 e. The Morgan fingerprint density at radius 3 is 1.65 bits per heavy atom. The molecule has 8 rings (SSSR count). The average Bonchev–Trinajstić information content (AvgIpc) is 3.50. The third-order valence-corrected chi connectivity index (χ3v) is 11.5. The van der Waals surface area contributed by atoms with E-state index < -0.39 is 31.7 Å². The quantitative estimate of drug-likeness (QED) is 0.243. The molecule has 2 bridgehead atoms. The van der Waals surface area contributed by atoms with Crippen molar-refractivity contribution in [3.05, 3.63) is 185 Å². The lowest BCUT2D eigenvalue weighted by Gasteiger charge is -2.53. The molecule has 1 spiro atoms. The number of ether oxygens (including phenoxy) is 1. The summed E-state index contributed by atoms with van der Waals surface area (Å²) in [6.07, 6.45) is 2.00. The van der Waals surface area contributed by atoms with Crippen LogP contribution in [0.3, 0.4) is 0 Å². The van der Waals surface area contributed by atoms with Crippen LogP contribution >= 0.6 is 0 Å². The predicted octanol–water partition coefficient (Wildman–Crippen LogP) is 7.21. The molecule has 1 fully saturated rings. The first-order chi connectivity index (χ1) is 19.6. The van der Waals surface area contributed by atoms with Crippen LogP contribution in [0.2, 0.25) is 0 Å². The van der Waals surface area contributed by atoms with Gasteiger partial charge in [-0.1, -0.05) is 146 Å². The van der Waals surface area contributed by atoms with Crippen LogP contribution in [0.4, 0.5) is 0 Å². The molecule has 4 atom stereocenters. The average molecular weight is 539 g/mol. The van der Waals surface area contributed by atoms with Gasteiger partial charge < -0.3 is 4.74 Å². The summed E-state index contributed by atoms with van der Waals surface area (Å²) in [6, 6.07) is 47.7. The molecule has 4 heteroatoms. The summed E-state index contributed by atoms with van der Waals surface area (Å²) in [6.45, 7) is 0. The van der Waals surface area contributed by atoms with Crippen molar-refractivity contribution in [2.45, 2.75) is 21.9 Å². The molecule has 1 saturated heterocycles. The summed E-state index contributed by atoms with van der Waals surface area (Å²) in [5, 5.41) is 0. The van der Waals surface area contributed by atoms with Gasteiger partial charge in [-0.2, -0.15) is 0 Å². The van der Waals surface area contributed by atoms with Gasteiger partial charge >= 0.3 is 0 Å². The summed E-state index contributed by atoms with van der Waals surface area (Å²) in [7, 11) is -3.90. The van der Waals surface area contributed by atoms with Gasteiger partial charge in [-0.05, 0) is 39.5 Å². The minimum absolute atomic E-state index is 0.362.